The van der Waals surface area contributed by atoms with Crippen molar-refractivity contribution in [1.29, 1.82) is 0 Å². The fourth-order valence-electron chi connectivity index (χ4n) is 1.41. The van der Waals surface area contributed by atoms with Crippen molar-refractivity contribution in [3.8, 4) is 5.95 Å². The average molecular weight is 313 g/mol. The summed E-state index contributed by atoms with van der Waals surface area (Å²) in [5.41, 5.74) is 2.33. The zero-order valence-corrected chi connectivity index (χ0v) is 12.0. The highest BCUT2D eigenvalue weighted by atomic mass is 32.2. The van der Waals surface area contributed by atoms with Gasteiger partial charge in [0.2, 0.25) is 21.9 Å². The van der Waals surface area contributed by atoms with Gasteiger partial charge in [-0.2, -0.15) is 20.1 Å². The molecule has 0 saturated carbocycles. The van der Waals surface area contributed by atoms with Crippen LogP contribution in [0.15, 0.2) is 18.5 Å². The zero-order valence-electron chi connectivity index (χ0n) is 11.2. The summed E-state index contributed by atoms with van der Waals surface area (Å²) in [6.07, 6.45) is 4.34. The number of hydrazine groups is 1. The molecule has 0 aromatic carbocycles. The lowest BCUT2D eigenvalue weighted by molar-refractivity contribution is 0.589. The molecular formula is C9H15N9O2S. The zero-order chi connectivity index (χ0) is 15.3. The quantitative estimate of drug-likeness (QED) is 0.266. The summed E-state index contributed by atoms with van der Waals surface area (Å²) in [6, 6.07) is 1.72. The summed E-state index contributed by atoms with van der Waals surface area (Å²) in [5.74, 6) is 5.99. The fraction of sp³-hybridized carbons (Fsp3) is 0.333. The van der Waals surface area contributed by atoms with Gasteiger partial charge in [0, 0.05) is 25.5 Å². The normalized spacial score (nSPS) is 11.3. The molecule has 0 aliphatic heterocycles. The third-order valence-electron chi connectivity index (χ3n) is 2.23. The van der Waals surface area contributed by atoms with Crippen LogP contribution in [0.3, 0.4) is 0 Å². The number of hydrogen-bond donors (Lipinski definition) is 4. The largest absolute Gasteiger partial charge is 0.353 e. The van der Waals surface area contributed by atoms with E-state index in [0.717, 1.165) is 6.26 Å². The minimum absolute atomic E-state index is 0.161. The molecular weight excluding hydrogens is 298 g/mol. The van der Waals surface area contributed by atoms with E-state index in [1.54, 1.807) is 18.5 Å². The smallest absolute Gasteiger partial charge is 0.257 e. The summed E-state index contributed by atoms with van der Waals surface area (Å²) in [4.78, 5) is 12.2. The van der Waals surface area contributed by atoms with Gasteiger partial charge in [0.1, 0.15) is 0 Å². The number of anilines is 2. The van der Waals surface area contributed by atoms with Crippen LogP contribution in [0.2, 0.25) is 0 Å². The van der Waals surface area contributed by atoms with Crippen molar-refractivity contribution < 1.29 is 8.42 Å². The molecule has 5 N–H and O–H groups in total. The number of hydrogen-bond acceptors (Lipinski definition) is 9. The van der Waals surface area contributed by atoms with Crippen LogP contribution in [0.4, 0.5) is 11.9 Å². The first-order chi connectivity index (χ1) is 9.98. The van der Waals surface area contributed by atoms with E-state index in [-0.39, 0.29) is 24.4 Å². The molecule has 2 aromatic rings. The molecule has 0 aliphatic carbocycles. The van der Waals surface area contributed by atoms with Gasteiger partial charge in [-0.1, -0.05) is 0 Å². The van der Waals surface area contributed by atoms with Gasteiger partial charge in [-0.25, -0.2) is 23.7 Å². The van der Waals surface area contributed by atoms with Crippen LogP contribution in [0, 0.1) is 0 Å². The van der Waals surface area contributed by atoms with Crippen LogP contribution in [0.1, 0.15) is 0 Å². The van der Waals surface area contributed by atoms with Crippen LogP contribution in [0.5, 0.6) is 0 Å². The Labute approximate surface area is 121 Å². The van der Waals surface area contributed by atoms with Gasteiger partial charge in [-0.3, -0.25) is 5.43 Å². The fourth-order valence-corrected chi connectivity index (χ4v) is 1.88. The molecule has 0 amide bonds. The van der Waals surface area contributed by atoms with E-state index in [0.29, 0.717) is 6.54 Å². The molecule has 0 fully saturated rings. The number of nitrogens with two attached hydrogens (primary N) is 1. The maximum absolute atomic E-state index is 10.9. The van der Waals surface area contributed by atoms with Gasteiger partial charge in [-0.05, 0) is 6.07 Å². The molecule has 12 heteroatoms. The van der Waals surface area contributed by atoms with Crippen LogP contribution in [-0.4, -0.2) is 52.5 Å². The van der Waals surface area contributed by atoms with Gasteiger partial charge in [0.25, 0.3) is 5.95 Å². The maximum Gasteiger partial charge on any atom is 0.257 e. The van der Waals surface area contributed by atoms with Crippen LogP contribution in [0.25, 0.3) is 5.95 Å². The molecule has 2 heterocycles. The lowest BCUT2D eigenvalue weighted by atomic mass is 10.6. The summed E-state index contributed by atoms with van der Waals surface area (Å²) in [5, 5.41) is 6.88. The maximum atomic E-state index is 10.9. The Hall–Kier alpha value is -2.31. The molecule has 21 heavy (non-hydrogen) atoms. The highest BCUT2D eigenvalue weighted by Gasteiger charge is 2.07. The van der Waals surface area contributed by atoms with E-state index < -0.39 is 10.0 Å². The van der Waals surface area contributed by atoms with E-state index in [1.807, 2.05) is 0 Å². The standard InChI is InChI=1S/C9H15N9O2S/c1-21(19,20)13-5-4-11-7-14-8(17-10)16-9(15-7)18-6-2-3-12-18/h2-3,6,13H,4-5,10H2,1H3,(H2,11,14,15,16,17). The Morgan fingerprint density at radius 2 is 2.00 bits per heavy atom. The highest BCUT2D eigenvalue weighted by Crippen LogP contribution is 2.07. The number of nitrogen functional groups attached to an aromatic ring is 1. The summed E-state index contributed by atoms with van der Waals surface area (Å²) in [6.45, 7) is 0.507. The highest BCUT2D eigenvalue weighted by molar-refractivity contribution is 7.88. The van der Waals surface area contributed by atoms with Gasteiger partial charge in [0.15, 0.2) is 0 Å². The third kappa shape index (κ3) is 4.62. The van der Waals surface area contributed by atoms with Crippen molar-refractivity contribution in [1.82, 2.24) is 29.5 Å². The number of nitrogens with zero attached hydrogens (tertiary/aromatic N) is 5. The van der Waals surface area contributed by atoms with Gasteiger partial charge >= 0.3 is 0 Å². The molecule has 2 aromatic heterocycles. The second kappa shape index (κ2) is 6.43. The van der Waals surface area contributed by atoms with Crippen molar-refractivity contribution >= 4 is 21.9 Å². The van der Waals surface area contributed by atoms with E-state index in [1.165, 1.54) is 4.68 Å². The second-order valence-electron chi connectivity index (χ2n) is 3.97. The molecule has 11 nitrogen and oxygen atoms in total. The Morgan fingerprint density at radius 3 is 2.62 bits per heavy atom. The molecule has 2 rings (SSSR count). The summed E-state index contributed by atoms with van der Waals surface area (Å²) >= 11 is 0. The molecule has 0 radical (unpaired) electrons. The Bertz CT molecular complexity index is 685. The van der Waals surface area contributed by atoms with E-state index >= 15 is 0 Å². The van der Waals surface area contributed by atoms with Crippen LogP contribution < -0.4 is 21.3 Å². The van der Waals surface area contributed by atoms with Crippen molar-refractivity contribution in [2.45, 2.75) is 0 Å². The molecule has 0 saturated heterocycles. The number of nitrogens with one attached hydrogen (secondary N) is 3. The first-order valence-electron chi connectivity index (χ1n) is 5.89. The SMILES string of the molecule is CS(=O)(=O)NCCNc1nc(NN)nc(-n2cccn2)n1. The third-order valence-corrected chi connectivity index (χ3v) is 2.96. The van der Waals surface area contributed by atoms with E-state index in [2.05, 4.69) is 35.5 Å². The average Bonchev–Trinajstić information content (AvgIpc) is 2.96. The van der Waals surface area contributed by atoms with Gasteiger partial charge in [0.05, 0.1) is 6.26 Å². The lowest BCUT2D eigenvalue weighted by Gasteiger charge is -2.08. The van der Waals surface area contributed by atoms with Crippen molar-refractivity contribution in [3.63, 3.8) is 0 Å². The molecule has 0 atom stereocenters. The number of rotatable bonds is 7. The molecule has 0 unspecified atom stereocenters. The Kier molecular flexibility index (Phi) is 4.62. The Balaban J connectivity index is 2.07. The first kappa shape index (κ1) is 15.1. The predicted molar refractivity (Wildman–Crippen MR) is 76.1 cm³/mol. The molecule has 0 aliphatic rings. The predicted octanol–water partition coefficient (Wildman–Crippen LogP) is -1.70. The summed E-state index contributed by atoms with van der Waals surface area (Å²) in [7, 11) is -3.22. The molecule has 114 valence electrons. The van der Waals surface area contributed by atoms with Gasteiger partial charge in [-0.15, -0.1) is 0 Å². The molecule has 0 spiro atoms. The number of aromatic nitrogens is 5. The second-order valence-corrected chi connectivity index (χ2v) is 5.80. The van der Waals surface area contributed by atoms with Crippen molar-refractivity contribution in [2.75, 3.05) is 30.1 Å². The topological polar surface area (TPSA) is 153 Å². The number of sulfonamides is 1. The minimum atomic E-state index is -3.22. The summed E-state index contributed by atoms with van der Waals surface area (Å²) < 4.78 is 25.7. The van der Waals surface area contributed by atoms with Crippen molar-refractivity contribution in [3.05, 3.63) is 18.5 Å². The van der Waals surface area contributed by atoms with Gasteiger partial charge < -0.3 is 5.32 Å². The van der Waals surface area contributed by atoms with Crippen LogP contribution >= 0.6 is 0 Å². The first-order valence-corrected chi connectivity index (χ1v) is 7.78. The minimum Gasteiger partial charge on any atom is -0.353 e. The Morgan fingerprint density at radius 1 is 1.24 bits per heavy atom. The monoisotopic (exact) mass is 313 g/mol. The lowest BCUT2D eigenvalue weighted by Crippen LogP contribution is -2.28. The van der Waals surface area contributed by atoms with Crippen LogP contribution in [-0.2, 0) is 10.0 Å². The van der Waals surface area contributed by atoms with E-state index in [9.17, 15) is 8.42 Å². The van der Waals surface area contributed by atoms with Crippen molar-refractivity contribution in [2.24, 2.45) is 5.84 Å². The molecule has 0 bridgehead atoms. The van der Waals surface area contributed by atoms with E-state index in [4.69, 9.17) is 5.84 Å².